The molecule has 0 atom stereocenters. The molecular weight excluding hydrogens is 347 g/mol. The van der Waals surface area contributed by atoms with E-state index >= 15 is 0 Å². The highest BCUT2D eigenvalue weighted by Crippen LogP contribution is 2.29. The van der Waals surface area contributed by atoms with Gasteiger partial charge in [-0.05, 0) is 42.5 Å². The molecule has 0 aliphatic rings. The molecule has 0 fully saturated rings. The molecule has 2 rings (SSSR count). The molecule has 2 aromatic rings. The van der Waals surface area contributed by atoms with E-state index < -0.39 is 23.7 Å². The molecular formula is C18H16F3N3O2. The van der Waals surface area contributed by atoms with Gasteiger partial charge in [-0.2, -0.15) is 13.2 Å². The van der Waals surface area contributed by atoms with Gasteiger partial charge in [-0.25, -0.2) is 4.79 Å². The molecule has 8 heteroatoms. The summed E-state index contributed by atoms with van der Waals surface area (Å²) < 4.78 is 38.1. The molecule has 0 saturated heterocycles. The summed E-state index contributed by atoms with van der Waals surface area (Å²) in [6, 6.07) is 9.89. The molecule has 0 aromatic heterocycles. The van der Waals surface area contributed by atoms with E-state index in [4.69, 9.17) is 0 Å². The largest absolute Gasteiger partial charge is 0.416 e. The molecule has 0 bridgehead atoms. The normalized spacial score (nSPS) is 10.7. The van der Waals surface area contributed by atoms with Crippen molar-refractivity contribution >= 4 is 23.3 Å². The summed E-state index contributed by atoms with van der Waals surface area (Å²) in [5.41, 5.74) is -0.130. The fourth-order valence-corrected chi connectivity index (χ4v) is 2.02. The molecule has 26 heavy (non-hydrogen) atoms. The molecule has 5 nitrogen and oxygen atoms in total. The van der Waals surface area contributed by atoms with Crippen LogP contribution in [0.2, 0.25) is 0 Å². The van der Waals surface area contributed by atoms with Gasteiger partial charge in [0.1, 0.15) is 0 Å². The Balaban J connectivity index is 2.01. The van der Waals surface area contributed by atoms with E-state index in [0.717, 1.165) is 12.1 Å². The summed E-state index contributed by atoms with van der Waals surface area (Å²) in [4.78, 5) is 23.6. The van der Waals surface area contributed by atoms with Gasteiger partial charge in [0.15, 0.2) is 0 Å². The molecule has 0 aliphatic heterocycles. The lowest BCUT2D eigenvalue weighted by atomic mass is 10.1. The second-order valence-corrected chi connectivity index (χ2v) is 5.23. The third-order valence-corrected chi connectivity index (χ3v) is 3.26. The summed E-state index contributed by atoms with van der Waals surface area (Å²) in [6.07, 6.45) is -2.98. The third kappa shape index (κ3) is 5.37. The number of rotatable bonds is 5. The summed E-state index contributed by atoms with van der Waals surface area (Å²) >= 11 is 0. The first-order valence-electron chi connectivity index (χ1n) is 7.54. The second-order valence-electron chi connectivity index (χ2n) is 5.23. The fourth-order valence-electron chi connectivity index (χ4n) is 2.02. The van der Waals surface area contributed by atoms with Crippen LogP contribution in [-0.4, -0.2) is 18.5 Å². The minimum absolute atomic E-state index is 0.106. The summed E-state index contributed by atoms with van der Waals surface area (Å²) in [5.74, 6) is -0.666. The molecule has 0 aliphatic carbocycles. The predicted molar refractivity (Wildman–Crippen MR) is 93.1 cm³/mol. The van der Waals surface area contributed by atoms with Gasteiger partial charge in [-0.15, -0.1) is 6.58 Å². The van der Waals surface area contributed by atoms with Crippen LogP contribution in [0.15, 0.2) is 61.2 Å². The van der Waals surface area contributed by atoms with Crippen molar-refractivity contribution in [2.75, 3.05) is 17.2 Å². The van der Waals surface area contributed by atoms with Gasteiger partial charge in [-0.3, -0.25) is 4.79 Å². The van der Waals surface area contributed by atoms with E-state index in [-0.39, 0.29) is 5.56 Å². The summed E-state index contributed by atoms with van der Waals surface area (Å²) in [6.45, 7) is 3.79. The molecule has 0 heterocycles. The van der Waals surface area contributed by atoms with Crippen molar-refractivity contribution in [2.24, 2.45) is 0 Å². The Morgan fingerprint density at radius 3 is 2.19 bits per heavy atom. The lowest BCUT2D eigenvalue weighted by Crippen LogP contribution is -2.28. The Morgan fingerprint density at radius 1 is 1.00 bits per heavy atom. The number of benzene rings is 2. The van der Waals surface area contributed by atoms with Gasteiger partial charge in [0.2, 0.25) is 0 Å². The number of amides is 3. The zero-order valence-electron chi connectivity index (χ0n) is 13.6. The fraction of sp³-hybridized carbons (Fsp3) is 0.111. The minimum Gasteiger partial charge on any atom is -0.334 e. The molecule has 0 spiro atoms. The molecule has 0 unspecified atom stereocenters. The van der Waals surface area contributed by atoms with Crippen LogP contribution in [0.4, 0.5) is 29.3 Å². The van der Waals surface area contributed by atoms with Crippen molar-refractivity contribution in [3.8, 4) is 0 Å². The van der Waals surface area contributed by atoms with E-state index in [1.165, 1.54) is 30.3 Å². The molecule has 0 radical (unpaired) electrons. The van der Waals surface area contributed by atoms with Crippen molar-refractivity contribution in [3.63, 3.8) is 0 Å². The maximum Gasteiger partial charge on any atom is 0.416 e. The molecule has 2 aromatic carbocycles. The zero-order valence-corrected chi connectivity index (χ0v) is 13.6. The highest BCUT2D eigenvalue weighted by molar-refractivity contribution is 6.04. The molecule has 3 amide bonds. The van der Waals surface area contributed by atoms with Crippen LogP contribution in [0, 0.1) is 0 Å². The van der Waals surface area contributed by atoms with Crippen molar-refractivity contribution in [1.82, 2.24) is 5.32 Å². The van der Waals surface area contributed by atoms with Gasteiger partial charge in [-0.1, -0.05) is 12.1 Å². The SMILES string of the molecule is C=CCNC(=O)Nc1ccc(NC(=O)c2cccc(C(F)(F)F)c2)cc1. The minimum atomic E-state index is -4.52. The predicted octanol–water partition coefficient (Wildman–Crippen LogP) is 4.27. The maximum atomic E-state index is 12.7. The lowest BCUT2D eigenvalue weighted by molar-refractivity contribution is -0.137. The van der Waals surface area contributed by atoms with E-state index in [9.17, 15) is 22.8 Å². The Kier molecular flexibility index (Phi) is 6.00. The van der Waals surface area contributed by atoms with Crippen LogP contribution < -0.4 is 16.0 Å². The standard InChI is InChI=1S/C18H16F3N3O2/c1-2-10-22-17(26)24-15-8-6-14(7-9-15)23-16(25)12-4-3-5-13(11-12)18(19,20)21/h2-9,11H,1,10H2,(H,23,25)(H2,22,24,26). The Hall–Kier alpha value is -3.29. The number of urea groups is 1. The van der Waals surface area contributed by atoms with Crippen molar-refractivity contribution < 1.29 is 22.8 Å². The van der Waals surface area contributed by atoms with Gasteiger partial charge in [0.05, 0.1) is 5.56 Å². The number of carbonyl (C=O) groups excluding carboxylic acids is 2. The number of hydrogen-bond acceptors (Lipinski definition) is 2. The quantitative estimate of drug-likeness (QED) is 0.695. The number of alkyl halides is 3. The van der Waals surface area contributed by atoms with Crippen LogP contribution in [0.5, 0.6) is 0 Å². The van der Waals surface area contributed by atoms with Gasteiger partial charge < -0.3 is 16.0 Å². The molecule has 136 valence electrons. The smallest absolute Gasteiger partial charge is 0.334 e. The zero-order chi connectivity index (χ0) is 19.2. The van der Waals surface area contributed by atoms with Gasteiger partial charge in [0, 0.05) is 23.5 Å². The van der Waals surface area contributed by atoms with Crippen molar-refractivity contribution in [3.05, 3.63) is 72.3 Å². The van der Waals surface area contributed by atoms with Crippen molar-refractivity contribution in [2.45, 2.75) is 6.18 Å². The number of halogens is 3. The number of carbonyl (C=O) groups is 2. The van der Waals surface area contributed by atoms with E-state index in [0.29, 0.717) is 17.9 Å². The monoisotopic (exact) mass is 363 g/mol. The highest BCUT2D eigenvalue weighted by atomic mass is 19.4. The number of hydrogen-bond donors (Lipinski definition) is 3. The third-order valence-electron chi connectivity index (χ3n) is 3.26. The number of nitrogens with one attached hydrogen (secondary N) is 3. The second kappa shape index (κ2) is 8.19. The Bertz CT molecular complexity index is 802. The Labute approximate surface area is 147 Å². The topological polar surface area (TPSA) is 70.2 Å². The van der Waals surface area contributed by atoms with Crippen molar-refractivity contribution in [1.29, 1.82) is 0 Å². The first-order valence-corrected chi connectivity index (χ1v) is 7.54. The summed E-state index contributed by atoms with van der Waals surface area (Å²) in [7, 11) is 0. The van der Waals surface area contributed by atoms with E-state index in [1.807, 2.05) is 0 Å². The molecule has 0 saturated carbocycles. The van der Waals surface area contributed by atoms with Crippen LogP contribution in [-0.2, 0) is 6.18 Å². The lowest BCUT2D eigenvalue weighted by Gasteiger charge is -2.10. The van der Waals surface area contributed by atoms with E-state index in [1.54, 1.807) is 12.1 Å². The summed E-state index contributed by atoms with van der Waals surface area (Å²) in [5, 5.41) is 7.62. The van der Waals surface area contributed by atoms with Crippen LogP contribution in [0.3, 0.4) is 0 Å². The van der Waals surface area contributed by atoms with E-state index in [2.05, 4.69) is 22.5 Å². The van der Waals surface area contributed by atoms with Crippen LogP contribution >= 0.6 is 0 Å². The van der Waals surface area contributed by atoms with Crippen LogP contribution in [0.1, 0.15) is 15.9 Å². The average molecular weight is 363 g/mol. The van der Waals surface area contributed by atoms with Gasteiger partial charge in [0.25, 0.3) is 5.91 Å². The highest BCUT2D eigenvalue weighted by Gasteiger charge is 2.30. The maximum absolute atomic E-state index is 12.7. The number of anilines is 2. The van der Waals surface area contributed by atoms with Gasteiger partial charge >= 0.3 is 12.2 Å². The first kappa shape index (κ1) is 19.0. The average Bonchev–Trinajstić information content (AvgIpc) is 2.61. The van der Waals surface area contributed by atoms with Crippen LogP contribution in [0.25, 0.3) is 0 Å². The Morgan fingerprint density at radius 2 is 1.62 bits per heavy atom. The molecule has 3 N–H and O–H groups in total. The first-order chi connectivity index (χ1) is 12.3.